The third-order valence-corrected chi connectivity index (χ3v) is 2.35. The van der Waals surface area contributed by atoms with E-state index in [0.29, 0.717) is 0 Å². The molecule has 0 radical (unpaired) electrons. The van der Waals surface area contributed by atoms with Crippen LogP contribution in [0.4, 0.5) is 0 Å². The molecule has 0 nitrogen and oxygen atoms in total. The first kappa shape index (κ1) is 8.69. The quantitative estimate of drug-likeness (QED) is 0.549. The third-order valence-electron chi connectivity index (χ3n) is 1.12. The minimum absolute atomic E-state index is 0.406. The van der Waals surface area contributed by atoms with Gasteiger partial charge < -0.3 is 0 Å². The summed E-state index contributed by atoms with van der Waals surface area (Å²) in [7, 11) is 0. The Morgan fingerprint density at radius 3 is 2.00 bits per heavy atom. The second-order valence-electron chi connectivity index (χ2n) is 1.85. The van der Waals surface area contributed by atoms with Crippen molar-refractivity contribution in [3.05, 3.63) is 27.8 Å². The van der Waals surface area contributed by atoms with Gasteiger partial charge in [-0.15, -0.1) is 0 Å². The lowest BCUT2D eigenvalue weighted by Gasteiger charge is -1.96. The summed E-state index contributed by atoms with van der Waals surface area (Å²) in [4.78, 5) is 0. The number of benzene rings is 1. The van der Waals surface area contributed by atoms with Crippen LogP contribution in [0.25, 0.3) is 0 Å². The fraction of sp³-hybridized carbons (Fsp3) is 0. The molecule has 0 aliphatic heterocycles. The SMILES string of the molecule is ClB(Cl)c1ccc(I)cc1. The highest BCUT2D eigenvalue weighted by Gasteiger charge is 2.07. The van der Waals surface area contributed by atoms with Crippen LogP contribution in [0.15, 0.2) is 24.3 Å². The van der Waals surface area contributed by atoms with Crippen molar-refractivity contribution in [2.75, 3.05) is 0 Å². The molecule has 0 aliphatic rings. The van der Waals surface area contributed by atoms with Gasteiger partial charge in [-0.2, -0.15) is 22.9 Å². The minimum Gasteiger partial charge on any atom is -0.165 e. The van der Waals surface area contributed by atoms with Crippen molar-refractivity contribution in [3.63, 3.8) is 0 Å². The Balaban J connectivity index is 2.89. The largest absolute Gasteiger partial charge is 0.382 e. The van der Waals surface area contributed by atoms with Crippen LogP contribution in [0.3, 0.4) is 0 Å². The predicted molar refractivity (Wildman–Crippen MR) is 56.3 cm³/mol. The topological polar surface area (TPSA) is 0 Å². The van der Waals surface area contributed by atoms with E-state index < -0.39 is 5.54 Å². The van der Waals surface area contributed by atoms with E-state index in [4.69, 9.17) is 22.9 Å². The van der Waals surface area contributed by atoms with Gasteiger partial charge in [-0.25, -0.2) is 0 Å². The Morgan fingerprint density at radius 1 is 1.10 bits per heavy atom. The van der Waals surface area contributed by atoms with E-state index in [0.717, 1.165) is 5.46 Å². The maximum Gasteiger partial charge on any atom is 0.382 e. The average molecular weight is 285 g/mol. The van der Waals surface area contributed by atoms with Gasteiger partial charge in [-0.05, 0) is 40.2 Å². The van der Waals surface area contributed by atoms with Crippen LogP contribution in [0.5, 0.6) is 0 Å². The maximum absolute atomic E-state index is 5.62. The van der Waals surface area contributed by atoms with E-state index in [2.05, 4.69) is 22.6 Å². The Hall–Kier alpha value is 0.595. The number of rotatable bonds is 1. The molecule has 0 unspecified atom stereocenters. The molecule has 1 aromatic rings. The van der Waals surface area contributed by atoms with E-state index in [1.165, 1.54) is 3.57 Å². The number of hydrogen-bond acceptors (Lipinski definition) is 0. The molecule has 0 aliphatic carbocycles. The van der Waals surface area contributed by atoms with Gasteiger partial charge in [0, 0.05) is 3.57 Å². The summed E-state index contributed by atoms with van der Waals surface area (Å²) in [6.45, 7) is 0. The normalized spacial score (nSPS) is 9.50. The summed E-state index contributed by atoms with van der Waals surface area (Å²) in [5.74, 6) is 0. The molecule has 0 saturated carbocycles. The molecule has 4 heteroatoms. The highest BCUT2D eigenvalue weighted by atomic mass is 127. The minimum atomic E-state index is -0.406. The fourth-order valence-electron chi connectivity index (χ4n) is 0.608. The first-order chi connectivity index (χ1) is 4.70. The molecular weight excluding hydrogens is 281 g/mol. The van der Waals surface area contributed by atoms with Crippen molar-refractivity contribution >= 4 is 56.5 Å². The Morgan fingerprint density at radius 2 is 1.60 bits per heavy atom. The van der Waals surface area contributed by atoms with Crippen LogP contribution in [0.2, 0.25) is 0 Å². The monoisotopic (exact) mass is 284 g/mol. The van der Waals surface area contributed by atoms with Gasteiger partial charge in [0.2, 0.25) is 0 Å². The fourth-order valence-corrected chi connectivity index (χ4v) is 1.26. The second kappa shape index (κ2) is 3.84. The lowest BCUT2D eigenvalue weighted by Crippen LogP contribution is -2.16. The molecule has 0 saturated heterocycles. The lowest BCUT2D eigenvalue weighted by atomic mass is 9.93. The molecule has 0 atom stereocenters. The molecule has 1 aromatic carbocycles. The molecule has 10 heavy (non-hydrogen) atoms. The van der Waals surface area contributed by atoms with Crippen LogP contribution in [0, 0.1) is 3.57 Å². The Labute approximate surface area is 84.0 Å². The van der Waals surface area contributed by atoms with Crippen LogP contribution in [-0.2, 0) is 0 Å². The summed E-state index contributed by atoms with van der Waals surface area (Å²) < 4.78 is 1.19. The van der Waals surface area contributed by atoms with Gasteiger partial charge in [-0.1, -0.05) is 12.1 Å². The first-order valence-corrected chi connectivity index (χ1v) is 4.69. The standard InChI is InChI=1S/C6H4BCl2I/c8-7(9)5-1-3-6(10)4-2-5/h1-4H. The Bertz CT molecular complexity index is 209. The predicted octanol–water partition coefficient (Wildman–Crippen LogP) is 2.46. The maximum atomic E-state index is 5.62. The Kier molecular flexibility index (Phi) is 3.33. The van der Waals surface area contributed by atoms with Crippen LogP contribution in [-0.4, -0.2) is 5.54 Å². The highest BCUT2D eigenvalue weighted by Crippen LogP contribution is 2.03. The molecule has 0 heterocycles. The van der Waals surface area contributed by atoms with Crippen molar-refractivity contribution in [2.24, 2.45) is 0 Å². The van der Waals surface area contributed by atoms with Gasteiger partial charge in [-0.3, -0.25) is 0 Å². The smallest absolute Gasteiger partial charge is 0.165 e. The zero-order valence-electron chi connectivity index (χ0n) is 5.02. The molecule has 52 valence electrons. The van der Waals surface area contributed by atoms with Crippen molar-refractivity contribution in [2.45, 2.75) is 0 Å². The van der Waals surface area contributed by atoms with E-state index in [9.17, 15) is 0 Å². The van der Waals surface area contributed by atoms with E-state index in [-0.39, 0.29) is 0 Å². The molecule has 1 rings (SSSR count). The van der Waals surface area contributed by atoms with Gasteiger partial charge >= 0.3 is 5.54 Å². The van der Waals surface area contributed by atoms with Crippen molar-refractivity contribution < 1.29 is 0 Å². The molecular formula is C6H4BCl2I. The number of halogens is 3. The van der Waals surface area contributed by atoms with Gasteiger partial charge in [0.25, 0.3) is 0 Å². The van der Waals surface area contributed by atoms with E-state index in [1.54, 1.807) is 0 Å². The summed E-state index contributed by atoms with van der Waals surface area (Å²) in [5, 5.41) is 0. The van der Waals surface area contributed by atoms with E-state index in [1.807, 2.05) is 24.3 Å². The first-order valence-electron chi connectivity index (χ1n) is 2.74. The van der Waals surface area contributed by atoms with Crippen LogP contribution in [0.1, 0.15) is 0 Å². The molecule has 0 fully saturated rings. The van der Waals surface area contributed by atoms with Crippen LogP contribution >= 0.6 is 45.5 Å². The van der Waals surface area contributed by atoms with Gasteiger partial charge in [0.15, 0.2) is 0 Å². The summed E-state index contributed by atoms with van der Waals surface area (Å²) >= 11 is 13.5. The second-order valence-corrected chi connectivity index (χ2v) is 4.19. The van der Waals surface area contributed by atoms with Crippen molar-refractivity contribution in [3.8, 4) is 0 Å². The molecule has 0 amide bonds. The zero-order chi connectivity index (χ0) is 7.56. The van der Waals surface area contributed by atoms with Crippen molar-refractivity contribution in [1.82, 2.24) is 0 Å². The average Bonchev–Trinajstić information content (AvgIpc) is 1.88. The third kappa shape index (κ3) is 2.33. The molecule has 0 bridgehead atoms. The molecule has 0 spiro atoms. The lowest BCUT2D eigenvalue weighted by molar-refractivity contribution is 1.69. The highest BCUT2D eigenvalue weighted by molar-refractivity contribution is 14.1. The summed E-state index contributed by atoms with van der Waals surface area (Å²) in [6.07, 6.45) is 0. The molecule has 0 N–H and O–H groups in total. The van der Waals surface area contributed by atoms with Gasteiger partial charge in [0.05, 0.1) is 0 Å². The summed E-state index contributed by atoms with van der Waals surface area (Å²) in [5.41, 5.74) is 0.542. The van der Waals surface area contributed by atoms with Crippen LogP contribution < -0.4 is 5.46 Å². The van der Waals surface area contributed by atoms with Crippen molar-refractivity contribution in [1.29, 1.82) is 0 Å². The molecule has 0 aromatic heterocycles. The van der Waals surface area contributed by atoms with Gasteiger partial charge in [0.1, 0.15) is 0 Å². The summed E-state index contributed by atoms with van der Waals surface area (Å²) in [6, 6.07) is 7.81. The number of hydrogen-bond donors (Lipinski definition) is 0. The van der Waals surface area contributed by atoms with E-state index >= 15 is 0 Å². The zero-order valence-corrected chi connectivity index (χ0v) is 8.69.